The van der Waals surface area contributed by atoms with Gasteiger partial charge in [-0.15, -0.1) is 0 Å². The van der Waals surface area contributed by atoms with Crippen molar-refractivity contribution in [2.24, 2.45) is 0 Å². The largest absolute Gasteiger partial charge is 0.360 e. The highest BCUT2D eigenvalue weighted by Crippen LogP contribution is 2.30. The van der Waals surface area contributed by atoms with Gasteiger partial charge in [-0.05, 0) is 25.1 Å². The molecule has 94 valence electrons. The molecule has 0 unspecified atom stereocenters. The van der Waals surface area contributed by atoms with Gasteiger partial charge in [0.25, 0.3) is 0 Å². The molecule has 0 fully saturated rings. The van der Waals surface area contributed by atoms with Gasteiger partial charge in [-0.2, -0.15) is 0 Å². The Morgan fingerprint density at radius 3 is 2.72 bits per heavy atom. The lowest BCUT2D eigenvalue weighted by Gasteiger charge is -2.21. The van der Waals surface area contributed by atoms with Crippen LogP contribution in [0.1, 0.15) is 12.0 Å². The number of aromatic amines is 1. The molecule has 0 saturated carbocycles. The zero-order valence-electron chi connectivity index (χ0n) is 10.1. The van der Waals surface area contributed by atoms with Crippen LogP contribution in [0.5, 0.6) is 0 Å². The van der Waals surface area contributed by atoms with Crippen LogP contribution in [0.3, 0.4) is 0 Å². The fourth-order valence-electron chi connectivity index (χ4n) is 2.40. The van der Waals surface area contributed by atoms with Crippen LogP contribution in [0.2, 0.25) is 0 Å². The van der Waals surface area contributed by atoms with E-state index in [4.69, 9.17) is 0 Å². The van der Waals surface area contributed by atoms with E-state index in [-0.39, 0.29) is 0 Å². The van der Waals surface area contributed by atoms with Gasteiger partial charge in [-0.25, -0.2) is 8.78 Å². The number of hydrogen-bond acceptors (Lipinski definition) is 1. The molecule has 2 heterocycles. The molecule has 2 aromatic rings. The van der Waals surface area contributed by atoms with Crippen LogP contribution in [0.4, 0.5) is 8.78 Å². The molecule has 1 N–H and O–H groups in total. The molecule has 0 radical (unpaired) electrons. The highest BCUT2D eigenvalue weighted by molar-refractivity contribution is 5.92. The molecule has 2 nitrogen and oxygen atoms in total. The number of nitrogens with zero attached hydrogens (tertiary/aromatic N) is 1. The lowest BCUT2D eigenvalue weighted by molar-refractivity contribution is 0.370. The quantitative estimate of drug-likeness (QED) is 0.821. The van der Waals surface area contributed by atoms with Gasteiger partial charge in [0.2, 0.25) is 0 Å². The van der Waals surface area contributed by atoms with Crippen LogP contribution in [0, 0.1) is 11.6 Å². The second-order valence-electron chi connectivity index (χ2n) is 4.76. The molecule has 0 atom stereocenters. The van der Waals surface area contributed by atoms with E-state index in [0.29, 0.717) is 5.52 Å². The van der Waals surface area contributed by atoms with Crippen molar-refractivity contribution in [2.45, 2.75) is 6.42 Å². The zero-order chi connectivity index (χ0) is 12.7. The molecule has 1 aromatic heterocycles. The van der Waals surface area contributed by atoms with E-state index in [2.05, 4.69) is 23.0 Å². The Morgan fingerprint density at radius 2 is 2.00 bits per heavy atom. The average Bonchev–Trinajstić information content (AvgIpc) is 2.74. The first-order valence-electron chi connectivity index (χ1n) is 5.99. The van der Waals surface area contributed by atoms with E-state index in [1.54, 1.807) is 0 Å². The van der Waals surface area contributed by atoms with Crippen molar-refractivity contribution in [3.63, 3.8) is 0 Å². The lowest BCUT2D eigenvalue weighted by Crippen LogP contribution is -2.23. The van der Waals surface area contributed by atoms with Gasteiger partial charge in [-0.3, -0.25) is 0 Å². The first kappa shape index (κ1) is 11.4. The Balaban J connectivity index is 2.10. The minimum Gasteiger partial charge on any atom is -0.360 e. The number of hydrogen-bond donors (Lipinski definition) is 1. The monoisotopic (exact) mass is 248 g/mol. The fraction of sp³-hybridized carbons (Fsp3) is 0.286. The first-order chi connectivity index (χ1) is 8.65. The summed E-state index contributed by atoms with van der Waals surface area (Å²) in [4.78, 5) is 5.22. The molecule has 0 amide bonds. The third-order valence-corrected chi connectivity index (χ3v) is 3.48. The molecule has 3 rings (SSSR count). The molecule has 0 saturated heterocycles. The third-order valence-electron chi connectivity index (χ3n) is 3.48. The van der Waals surface area contributed by atoms with Crippen molar-refractivity contribution >= 4 is 16.5 Å². The van der Waals surface area contributed by atoms with E-state index < -0.39 is 11.6 Å². The summed E-state index contributed by atoms with van der Waals surface area (Å²) < 4.78 is 26.5. The maximum atomic E-state index is 13.3. The topological polar surface area (TPSA) is 19.0 Å². The predicted octanol–water partition coefficient (Wildman–Crippen LogP) is 3.17. The minimum atomic E-state index is -0.812. The standard InChI is InChI=1S/C14H14F2N2/c1-18-4-2-9(3-5-18)11-8-17-14-7-13(16)12(15)6-10(11)14/h2,6-8,17H,3-5H2,1H3. The fourth-order valence-corrected chi connectivity index (χ4v) is 2.40. The molecule has 0 spiro atoms. The van der Waals surface area contributed by atoms with Crippen LogP contribution >= 0.6 is 0 Å². The maximum Gasteiger partial charge on any atom is 0.160 e. The molecule has 1 aromatic carbocycles. The Labute approximate surface area is 104 Å². The summed E-state index contributed by atoms with van der Waals surface area (Å²) in [5.41, 5.74) is 2.83. The van der Waals surface area contributed by atoms with Gasteiger partial charge in [0.05, 0.1) is 0 Å². The Kier molecular flexibility index (Phi) is 2.67. The smallest absolute Gasteiger partial charge is 0.160 e. The van der Waals surface area contributed by atoms with E-state index >= 15 is 0 Å². The van der Waals surface area contributed by atoms with Crippen molar-refractivity contribution < 1.29 is 8.78 Å². The van der Waals surface area contributed by atoms with Gasteiger partial charge >= 0.3 is 0 Å². The first-order valence-corrected chi connectivity index (χ1v) is 5.99. The summed E-state index contributed by atoms with van der Waals surface area (Å²) in [7, 11) is 2.07. The Morgan fingerprint density at radius 1 is 1.22 bits per heavy atom. The van der Waals surface area contributed by atoms with Crippen molar-refractivity contribution in [3.05, 3.63) is 41.6 Å². The van der Waals surface area contributed by atoms with Gasteiger partial charge in [-0.1, -0.05) is 6.08 Å². The number of halogens is 2. The number of rotatable bonds is 1. The summed E-state index contributed by atoms with van der Waals surface area (Å²) in [6, 6.07) is 2.49. The SMILES string of the molecule is CN1CC=C(c2c[nH]c3cc(F)c(F)cc23)CC1. The highest BCUT2D eigenvalue weighted by atomic mass is 19.2. The van der Waals surface area contributed by atoms with Crippen LogP contribution in [-0.4, -0.2) is 30.0 Å². The maximum absolute atomic E-state index is 13.3. The van der Waals surface area contributed by atoms with Crippen molar-refractivity contribution in [1.82, 2.24) is 9.88 Å². The molecular weight excluding hydrogens is 234 g/mol. The summed E-state index contributed by atoms with van der Waals surface area (Å²) in [5, 5.41) is 0.754. The molecular formula is C14H14F2N2. The molecule has 1 aliphatic heterocycles. The van der Waals surface area contributed by atoms with Crippen LogP contribution in [-0.2, 0) is 0 Å². The Bertz CT molecular complexity index is 628. The molecule has 0 bridgehead atoms. The number of aromatic nitrogens is 1. The normalized spacial score (nSPS) is 17.2. The number of H-pyrrole nitrogens is 1. The van der Waals surface area contributed by atoms with Crippen LogP contribution in [0.25, 0.3) is 16.5 Å². The molecule has 4 heteroatoms. The number of fused-ring (bicyclic) bond motifs is 1. The van der Waals surface area contributed by atoms with Crippen molar-refractivity contribution in [3.8, 4) is 0 Å². The van der Waals surface area contributed by atoms with Crippen molar-refractivity contribution in [1.29, 1.82) is 0 Å². The second-order valence-corrected chi connectivity index (χ2v) is 4.76. The summed E-state index contributed by atoms with van der Waals surface area (Å²) in [5.74, 6) is -1.61. The third kappa shape index (κ3) is 1.82. The van der Waals surface area contributed by atoms with Gasteiger partial charge in [0.1, 0.15) is 0 Å². The number of likely N-dealkylation sites (N-methyl/N-ethyl adjacent to an activating group) is 1. The summed E-state index contributed by atoms with van der Waals surface area (Å²) in [6.07, 6.45) is 4.91. The second kappa shape index (κ2) is 4.21. The van der Waals surface area contributed by atoms with Crippen molar-refractivity contribution in [2.75, 3.05) is 20.1 Å². The predicted molar refractivity (Wildman–Crippen MR) is 68.3 cm³/mol. The summed E-state index contributed by atoms with van der Waals surface area (Å²) >= 11 is 0. The summed E-state index contributed by atoms with van der Waals surface area (Å²) in [6.45, 7) is 1.88. The van der Waals surface area contributed by atoms with Gasteiger partial charge < -0.3 is 9.88 Å². The van der Waals surface area contributed by atoms with Crippen LogP contribution < -0.4 is 0 Å². The van der Waals surface area contributed by atoms with E-state index in [0.717, 1.165) is 30.5 Å². The van der Waals surface area contributed by atoms with Gasteiger partial charge in [0, 0.05) is 41.8 Å². The lowest BCUT2D eigenvalue weighted by atomic mass is 9.99. The molecule has 1 aliphatic rings. The van der Waals surface area contributed by atoms with E-state index in [9.17, 15) is 8.78 Å². The Hall–Kier alpha value is -1.68. The highest BCUT2D eigenvalue weighted by Gasteiger charge is 2.15. The van der Waals surface area contributed by atoms with Crippen LogP contribution in [0.15, 0.2) is 24.4 Å². The average molecular weight is 248 g/mol. The number of benzene rings is 1. The minimum absolute atomic E-state index is 0.642. The molecule has 0 aliphatic carbocycles. The zero-order valence-corrected chi connectivity index (χ0v) is 10.1. The number of nitrogens with one attached hydrogen (secondary N) is 1. The molecule has 18 heavy (non-hydrogen) atoms. The van der Waals surface area contributed by atoms with Gasteiger partial charge in [0.15, 0.2) is 11.6 Å². The van der Waals surface area contributed by atoms with E-state index in [1.165, 1.54) is 17.7 Å². The van der Waals surface area contributed by atoms with E-state index in [1.807, 2.05) is 6.20 Å².